The first-order valence-electron chi connectivity index (χ1n) is 7.46. The van der Waals surface area contributed by atoms with E-state index >= 15 is 0 Å². The van der Waals surface area contributed by atoms with Crippen LogP contribution in [-0.2, 0) is 4.74 Å². The van der Waals surface area contributed by atoms with Crippen LogP contribution in [0, 0.1) is 11.3 Å². The lowest BCUT2D eigenvalue weighted by molar-refractivity contribution is -0.185. The number of nitrogens with zero attached hydrogens (tertiary/aromatic N) is 1. The molecular weight excluding hydrogens is 345 g/mol. The van der Waals surface area contributed by atoms with Crippen molar-refractivity contribution in [2.24, 2.45) is 11.7 Å². The monoisotopic (exact) mass is 368 g/mol. The summed E-state index contributed by atoms with van der Waals surface area (Å²) in [6, 6.07) is -0.788. The zero-order valence-electron chi connectivity index (χ0n) is 13.9. The number of thiocarbonyl (C=S) groups is 1. The minimum absolute atomic E-state index is 0.0255. The van der Waals surface area contributed by atoms with Gasteiger partial charge in [0.15, 0.2) is 0 Å². The molecule has 0 bridgehead atoms. The Hall–Kier alpha value is -1.42. The molecule has 0 aromatic carbocycles. The summed E-state index contributed by atoms with van der Waals surface area (Å²) in [5.74, 6) is -1.66. The maximum Gasteiger partial charge on any atom is 0.407 e. The van der Waals surface area contributed by atoms with E-state index < -0.39 is 29.8 Å². The number of hydrogen-bond donors (Lipinski definition) is 3. The minimum atomic E-state index is -4.42. The molecule has 1 aliphatic rings. The summed E-state index contributed by atoms with van der Waals surface area (Å²) < 4.78 is 44.5. The average molecular weight is 368 g/mol. The minimum Gasteiger partial charge on any atom is -0.444 e. The second kappa shape index (κ2) is 7.64. The molecule has 1 aliphatic heterocycles. The number of halogens is 3. The Morgan fingerprint density at radius 3 is 2.42 bits per heavy atom. The number of nitrogens with one attached hydrogen (secondary N) is 2. The van der Waals surface area contributed by atoms with Gasteiger partial charge in [-0.25, -0.2) is 4.79 Å². The summed E-state index contributed by atoms with van der Waals surface area (Å²) in [6.07, 6.45) is -5.47. The number of carbonyl (C=O) groups excluding carboxylic acids is 1. The number of ether oxygens (including phenoxy) is 1. The van der Waals surface area contributed by atoms with Crippen molar-refractivity contribution >= 4 is 29.0 Å². The largest absolute Gasteiger partial charge is 0.444 e. The van der Waals surface area contributed by atoms with Crippen LogP contribution in [0.15, 0.2) is 0 Å². The predicted molar refractivity (Wildman–Crippen MR) is 88.3 cm³/mol. The second-order valence-electron chi connectivity index (χ2n) is 6.71. The van der Waals surface area contributed by atoms with Crippen LogP contribution in [-0.4, -0.2) is 59.1 Å². The number of likely N-dealkylation sites (tertiary alicyclic amines) is 1. The van der Waals surface area contributed by atoms with Crippen LogP contribution in [0.3, 0.4) is 0 Å². The third-order valence-corrected chi connectivity index (χ3v) is 3.89. The Labute approximate surface area is 144 Å². The molecule has 138 valence electrons. The van der Waals surface area contributed by atoms with Crippen molar-refractivity contribution in [3.63, 3.8) is 0 Å². The molecule has 1 amide bonds. The molecule has 1 fully saturated rings. The smallest absolute Gasteiger partial charge is 0.407 e. The number of carbonyl (C=O) groups is 1. The highest BCUT2D eigenvalue weighted by molar-refractivity contribution is 7.82. The Bertz CT molecular complexity index is 505. The van der Waals surface area contributed by atoms with Crippen molar-refractivity contribution in [2.45, 2.75) is 45.0 Å². The van der Waals surface area contributed by atoms with E-state index in [1.54, 1.807) is 20.8 Å². The number of rotatable bonds is 3. The van der Waals surface area contributed by atoms with Gasteiger partial charge in [0.1, 0.15) is 10.6 Å². The van der Waals surface area contributed by atoms with E-state index in [0.717, 1.165) is 0 Å². The molecule has 0 radical (unpaired) electrons. The lowest BCUT2D eigenvalue weighted by Gasteiger charge is -2.40. The van der Waals surface area contributed by atoms with Crippen LogP contribution in [0.4, 0.5) is 18.0 Å². The van der Waals surface area contributed by atoms with E-state index in [1.165, 1.54) is 4.90 Å². The molecule has 0 aromatic heterocycles. The van der Waals surface area contributed by atoms with E-state index in [9.17, 15) is 18.0 Å². The van der Waals surface area contributed by atoms with Gasteiger partial charge in [0.05, 0.1) is 17.7 Å². The highest BCUT2D eigenvalue weighted by atomic mass is 32.1. The van der Waals surface area contributed by atoms with Gasteiger partial charge in [0, 0.05) is 19.6 Å². The summed E-state index contributed by atoms with van der Waals surface area (Å²) >= 11 is 5.04. The van der Waals surface area contributed by atoms with Gasteiger partial charge < -0.3 is 26.1 Å². The van der Waals surface area contributed by atoms with Crippen LogP contribution >= 0.6 is 12.2 Å². The molecule has 24 heavy (non-hydrogen) atoms. The quantitative estimate of drug-likeness (QED) is 0.524. The summed E-state index contributed by atoms with van der Waals surface area (Å²) in [6.45, 7) is 4.56. The van der Waals surface area contributed by atoms with Gasteiger partial charge in [-0.2, -0.15) is 13.2 Å². The molecule has 4 N–H and O–H groups in total. The highest BCUT2D eigenvalue weighted by Gasteiger charge is 2.45. The maximum absolute atomic E-state index is 13.2. The molecule has 2 atom stereocenters. The van der Waals surface area contributed by atoms with E-state index in [4.69, 9.17) is 28.1 Å². The molecule has 0 spiro atoms. The normalized spacial score (nSPS) is 22.0. The van der Waals surface area contributed by atoms with Gasteiger partial charge in [-0.05, 0) is 27.2 Å². The number of amides is 1. The molecule has 6 nitrogen and oxygen atoms in total. The number of piperidine rings is 1. The van der Waals surface area contributed by atoms with Gasteiger partial charge in [-0.3, -0.25) is 0 Å². The van der Waals surface area contributed by atoms with E-state index in [1.807, 2.05) is 0 Å². The SMILES string of the molecule is CC(C)(C)OC(=O)NC1CC(C(F)(F)F)CN(C(=S)C(=N)CN)C1. The van der Waals surface area contributed by atoms with E-state index in [2.05, 4.69) is 5.32 Å². The Balaban J connectivity index is 2.86. The molecule has 1 rings (SSSR count). The molecular formula is C14H23F3N4O2S. The fraction of sp³-hybridized carbons (Fsp3) is 0.786. The summed E-state index contributed by atoms with van der Waals surface area (Å²) in [5, 5.41) is 10.1. The summed E-state index contributed by atoms with van der Waals surface area (Å²) in [5.41, 5.74) is 4.48. The fourth-order valence-corrected chi connectivity index (χ4v) is 2.59. The number of nitrogens with two attached hydrogens (primary N) is 1. The first kappa shape index (κ1) is 20.6. The molecule has 1 heterocycles. The van der Waals surface area contributed by atoms with Gasteiger partial charge in [0.2, 0.25) is 0 Å². The molecule has 0 aliphatic carbocycles. The Morgan fingerprint density at radius 2 is 1.96 bits per heavy atom. The van der Waals surface area contributed by atoms with Crippen molar-refractivity contribution in [2.75, 3.05) is 19.6 Å². The summed E-state index contributed by atoms with van der Waals surface area (Å²) in [4.78, 5) is 13.1. The zero-order chi connectivity index (χ0) is 18.7. The predicted octanol–water partition coefficient (Wildman–Crippen LogP) is 2.07. The number of alkyl carbamates (subject to hydrolysis) is 1. The van der Waals surface area contributed by atoms with Crippen molar-refractivity contribution in [1.29, 1.82) is 5.41 Å². The van der Waals surface area contributed by atoms with Crippen LogP contribution in [0.2, 0.25) is 0 Å². The third-order valence-electron chi connectivity index (χ3n) is 3.38. The maximum atomic E-state index is 13.2. The van der Waals surface area contributed by atoms with Gasteiger partial charge >= 0.3 is 12.3 Å². The van der Waals surface area contributed by atoms with Crippen LogP contribution < -0.4 is 11.1 Å². The third kappa shape index (κ3) is 6.23. The van der Waals surface area contributed by atoms with Crippen LogP contribution in [0.5, 0.6) is 0 Å². The van der Waals surface area contributed by atoms with Crippen molar-refractivity contribution < 1.29 is 22.7 Å². The molecule has 0 saturated carbocycles. The average Bonchev–Trinajstić information content (AvgIpc) is 2.42. The second-order valence-corrected chi connectivity index (χ2v) is 7.10. The van der Waals surface area contributed by atoms with Crippen LogP contribution in [0.25, 0.3) is 0 Å². The molecule has 0 aromatic rings. The highest BCUT2D eigenvalue weighted by Crippen LogP contribution is 2.33. The standard InChI is InChI=1S/C14H23F3N4O2S/c1-13(2,3)23-12(22)20-9-4-8(14(15,16)17)6-21(7-9)11(24)10(19)5-18/h8-9,19H,4-7,18H2,1-3H3,(H,20,22). The lowest BCUT2D eigenvalue weighted by Crippen LogP contribution is -2.56. The number of alkyl halides is 3. The Morgan fingerprint density at radius 1 is 1.38 bits per heavy atom. The number of hydrogen-bond acceptors (Lipinski definition) is 5. The Kier molecular flexibility index (Phi) is 6.57. The van der Waals surface area contributed by atoms with Crippen molar-refractivity contribution in [3.8, 4) is 0 Å². The molecule has 1 saturated heterocycles. The topological polar surface area (TPSA) is 91.4 Å². The van der Waals surface area contributed by atoms with Crippen molar-refractivity contribution in [1.82, 2.24) is 10.2 Å². The first-order chi connectivity index (χ1) is 10.8. The van der Waals surface area contributed by atoms with Gasteiger partial charge in [-0.15, -0.1) is 0 Å². The van der Waals surface area contributed by atoms with Crippen molar-refractivity contribution in [3.05, 3.63) is 0 Å². The zero-order valence-corrected chi connectivity index (χ0v) is 14.7. The lowest BCUT2D eigenvalue weighted by atomic mass is 9.93. The first-order valence-corrected chi connectivity index (χ1v) is 7.87. The fourth-order valence-electron chi connectivity index (χ4n) is 2.36. The molecule has 2 unspecified atom stereocenters. The van der Waals surface area contributed by atoms with E-state index in [-0.39, 0.29) is 36.8 Å². The van der Waals surface area contributed by atoms with Crippen LogP contribution in [0.1, 0.15) is 27.2 Å². The molecule has 10 heteroatoms. The summed E-state index contributed by atoms with van der Waals surface area (Å²) in [7, 11) is 0. The van der Waals surface area contributed by atoms with E-state index in [0.29, 0.717) is 0 Å². The van der Waals surface area contributed by atoms with Gasteiger partial charge in [0.25, 0.3) is 0 Å². The van der Waals surface area contributed by atoms with Gasteiger partial charge in [-0.1, -0.05) is 12.2 Å².